The molecular weight excluding hydrogens is 274 g/mol. The van der Waals surface area contributed by atoms with Crippen molar-refractivity contribution < 1.29 is 4.74 Å². The van der Waals surface area contributed by atoms with Gasteiger partial charge in [0.1, 0.15) is 11.2 Å². The number of hydrogen-bond acceptors (Lipinski definition) is 5. The Labute approximate surface area is 121 Å². The van der Waals surface area contributed by atoms with Gasteiger partial charge in [-0.3, -0.25) is 14.3 Å². The van der Waals surface area contributed by atoms with Crippen LogP contribution in [0, 0.1) is 0 Å². The van der Waals surface area contributed by atoms with Crippen LogP contribution in [-0.2, 0) is 17.8 Å². The third kappa shape index (κ3) is 2.63. The van der Waals surface area contributed by atoms with Crippen LogP contribution in [0.3, 0.4) is 0 Å². The number of rotatable bonds is 3. The molecule has 0 aliphatic carbocycles. The molecule has 108 valence electrons. The van der Waals surface area contributed by atoms with E-state index < -0.39 is 0 Å². The summed E-state index contributed by atoms with van der Waals surface area (Å²) in [7, 11) is 0. The number of nitrogens with zero attached hydrogens (tertiary/aromatic N) is 3. The van der Waals surface area contributed by atoms with E-state index in [1.807, 2.05) is 6.07 Å². The molecule has 1 atom stereocenters. The highest BCUT2D eigenvalue weighted by Gasteiger charge is 2.17. The molecule has 2 aromatic heterocycles. The van der Waals surface area contributed by atoms with Gasteiger partial charge in [0.2, 0.25) is 0 Å². The molecule has 1 aliphatic rings. The van der Waals surface area contributed by atoms with Crippen molar-refractivity contribution in [2.45, 2.75) is 33.0 Å². The highest BCUT2D eigenvalue weighted by molar-refractivity contribution is 7.18. The molecule has 1 unspecified atom stereocenters. The molecule has 0 saturated carbocycles. The predicted molar refractivity (Wildman–Crippen MR) is 80.2 cm³/mol. The number of aromatic nitrogens is 2. The molecule has 1 fully saturated rings. The topological polar surface area (TPSA) is 47.4 Å². The van der Waals surface area contributed by atoms with Crippen LogP contribution in [0.25, 0.3) is 10.2 Å². The van der Waals surface area contributed by atoms with Crippen molar-refractivity contribution in [1.29, 1.82) is 0 Å². The lowest BCUT2D eigenvalue weighted by Crippen LogP contribution is -2.43. The molecule has 1 aliphatic heterocycles. The molecule has 0 spiro atoms. The lowest BCUT2D eigenvalue weighted by atomic mass is 10.3. The Hall–Kier alpha value is -1.24. The lowest BCUT2D eigenvalue weighted by Gasteiger charge is -2.31. The molecule has 5 nitrogen and oxygen atoms in total. The van der Waals surface area contributed by atoms with Gasteiger partial charge in [-0.25, -0.2) is 4.98 Å². The quantitative estimate of drug-likeness (QED) is 0.864. The Morgan fingerprint density at radius 2 is 2.40 bits per heavy atom. The van der Waals surface area contributed by atoms with Crippen LogP contribution < -0.4 is 5.56 Å². The Morgan fingerprint density at radius 1 is 1.55 bits per heavy atom. The van der Waals surface area contributed by atoms with Crippen LogP contribution >= 0.6 is 11.3 Å². The minimum absolute atomic E-state index is 0.0603. The molecule has 0 aromatic carbocycles. The van der Waals surface area contributed by atoms with E-state index in [2.05, 4.69) is 23.7 Å². The van der Waals surface area contributed by atoms with E-state index >= 15 is 0 Å². The average Bonchev–Trinajstić information content (AvgIpc) is 2.86. The van der Waals surface area contributed by atoms with E-state index in [4.69, 9.17) is 4.74 Å². The predicted octanol–water partition coefficient (Wildman–Crippen LogP) is 1.70. The maximum Gasteiger partial charge on any atom is 0.263 e. The Morgan fingerprint density at radius 3 is 3.15 bits per heavy atom. The summed E-state index contributed by atoms with van der Waals surface area (Å²) in [6.07, 6.45) is 2.84. The number of aryl methyl sites for hydroxylation is 1. The zero-order valence-corrected chi connectivity index (χ0v) is 12.7. The first kappa shape index (κ1) is 13.7. The van der Waals surface area contributed by atoms with Crippen molar-refractivity contribution in [2.24, 2.45) is 0 Å². The van der Waals surface area contributed by atoms with E-state index in [0.717, 1.165) is 36.3 Å². The highest BCUT2D eigenvalue weighted by atomic mass is 32.1. The number of fused-ring (bicyclic) bond motifs is 1. The molecule has 3 heterocycles. The van der Waals surface area contributed by atoms with Gasteiger partial charge in [0.05, 0.1) is 24.8 Å². The summed E-state index contributed by atoms with van der Waals surface area (Å²) in [5.41, 5.74) is 0.0603. The fourth-order valence-corrected chi connectivity index (χ4v) is 3.44. The largest absolute Gasteiger partial charge is 0.376 e. The van der Waals surface area contributed by atoms with Crippen molar-refractivity contribution in [1.82, 2.24) is 14.5 Å². The average molecular weight is 293 g/mol. The molecule has 0 radical (unpaired) electrons. The number of hydrogen-bond donors (Lipinski definition) is 0. The molecular formula is C14H19N3O2S. The molecule has 6 heteroatoms. The fourth-order valence-electron chi connectivity index (χ4n) is 2.52. The third-order valence-electron chi connectivity index (χ3n) is 3.60. The number of ether oxygens (including phenoxy) is 1. The minimum Gasteiger partial charge on any atom is -0.376 e. The van der Waals surface area contributed by atoms with Crippen LogP contribution in [0.2, 0.25) is 0 Å². The zero-order valence-electron chi connectivity index (χ0n) is 11.8. The van der Waals surface area contributed by atoms with Crippen molar-refractivity contribution in [2.75, 3.05) is 19.7 Å². The summed E-state index contributed by atoms with van der Waals surface area (Å²) in [4.78, 5) is 21.2. The van der Waals surface area contributed by atoms with Gasteiger partial charge in [-0.15, -0.1) is 11.3 Å². The SMILES string of the molecule is CCc1cc2c(=O)n(CN3CCOC(C)C3)cnc2s1. The summed E-state index contributed by atoms with van der Waals surface area (Å²) in [5.74, 6) is 0. The first-order valence-corrected chi connectivity index (χ1v) is 7.81. The first-order chi connectivity index (χ1) is 9.67. The van der Waals surface area contributed by atoms with E-state index in [1.54, 1.807) is 22.2 Å². The Bertz CT molecular complexity index is 664. The van der Waals surface area contributed by atoms with Crippen LogP contribution in [-0.4, -0.2) is 40.3 Å². The van der Waals surface area contributed by atoms with Gasteiger partial charge in [0.15, 0.2) is 0 Å². The summed E-state index contributed by atoms with van der Waals surface area (Å²) in [6.45, 7) is 7.19. The third-order valence-corrected chi connectivity index (χ3v) is 4.78. The molecule has 0 bridgehead atoms. The van der Waals surface area contributed by atoms with E-state index in [9.17, 15) is 4.79 Å². The molecule has 0 amide bonds. The summed E-state index contributed by atoms with van der Waals surface area (Å²) < 4.78 is 7.22. The van der Waals surface area contributed by atoms with Crippen LogP contribution in [0.1, 0.15) is 18.7 Å². The fraction of sp³-hybridized carbons (Fsp3) is 0.571. The van der Waals surface area contributed by atoms with Gasteiger partial charge in [-0.2, -0.15) is 0 Å². The minimum atomic E-state index is 0.0603. The van der Waals surface area contributed by atoms with Crippen molar-refractivity contribution in [3.63, 3.8) is 0 Å². The molecule has 1 saturated heterocycles. The molecule has 3 rings (SSSR count). The maximum atomic E-state index is 12.5. The molecule has 0 N–H and O–H groups in total. The van der Waals surface area contributed by atoms with Gasteiger partial charge < -0.3 is 4.74 Å². The van der Waals surface area contributed by atoms with E-state index in [0.29, 0.717) is 6.67 Å². The van der Waals surface area contributed by atoms with Gasteiger partial charge in [0.25, 0.3) is 5.56 Å². The Balaban J connectivity index is 1.88. The van der Waals surface area contributed by atoms with E-state index in [1.165, 1.54) is 4.88 Å². The standard InChI is InChI=1S/C14H19N3O2S/c1-3-11-6-12-13(20-11)15-8-17(14(12)18)9-16-4-5-19-10(2)7-16/h6,8,10H,3-5,7,9H2,1-2H3. The second-order valence-electron chi connectivity index (χ2n) is 5.20. The summed E-state index contributed by atoms with van der Waals surface area (Å²) in [5, 5.41) is 0.746. The highest BCUT2D eigenvalue weighted by Crippen LogP contribution is 2.21. The zero-order chi connectivity index (χ0) is 14.1. The molecule has 2 aromatic rings. The van der Waals surface area contributed by atoms with Crippen LogP contribution in [0.5, 0.6) is 0 Å². The van der Waals surface area contributed by atoms with Crippen molar-refractivity contribution in [3.05, 3.63) is 27.6 Å². The monoisotopic (exact) mass is 293 g/mol. The number of morpholine rings is 1. The number of thiophene rings is 1. The van der Waals surface area contributed by atoms with Gasteiger partial charge in [0, 0.05) is 18.0 Å². The second-order valence-corrected chi connectivity index (χ2v) is 6.32. The van der Waals surface area contributed by atoms with Crippen molar-refractivity contribution in [3.8, 4) is 0 Å². The molecule has 20 heavy (non-hydrogen) atoms. The second kappa shape index (κ2) is 5.63. The normalized spacial score (nSPS) is 20.6. The van der Waals surface area contributed by atoms with Gasteiger partial charge >= 0.3 is 0 Å². The lowest BCUT2D eigenvalue weighted by molar-refractivity contribution is -0.0294. The maximum absolute atomic E-state index is 12.5. The van der Waals surface area contributed by atoms with Crippen molar-refractivity contribution >= 4 is 21.6 Å². The van der Waals surface area contributed by atoms with Crippen LogP contribution in [0.4, 0.5) is 0 Å². The van der Waals surface area contributed by atoms with Gasteiger partial charge in [-0.05, 0) is 19.4 Å². The smallest absolute Gasteiger partial charge is 0.263 e. The Kier molecular flexibility index (Phi) is 3.87. The first-order valence-electron chi connectivity index (χ1n) is 6.99. The summed E-state index contributed by atoms with van der Waals surface area (Å²) >= 11 is 1.61. The summed E-state index contributed by atoms with van der Waals surface area (Å²) in [6, 6.07) is 1.98. The van der Waals surface area contributed by atoms with E-state index in [-0.39, 0.29) is 11.7 Å². The van der Waals surface area contributed by atoms with Crippen LogP contribution in [0.15, 0.2) is 17.2 Å². The van der Waals surface area contributed by atoms with Gasteiger partial charge in [-0.1, -0.05) is 6.92 Å².